The van der Waals surface area contributed by atoms with Gasteiger partial charge < -0.3 is 24.8 Å². The molecule has 72 heavy (non-hydrogen) atoms. The van der Waals surface area contributed by atoms with Crippen LogP contribution < -0.4 is 20.0 Å². The summed E-state index contributed by atoms with van der Waals surface area (Å²) in [5.41, 5.74) is 7.82. The van der Waals surface area contributed by atoms with E-state index in [-0.39, 0.29) is 0 Å². The number of piperazine rings is 1. The third-order valence-corrected chi connectivity index (χ3v) is 12.1. The van der Waals surface area contributed by atoms with Gasteiger partial charge in [-0.05, 0) is 73.9 Å². The quantitative estimate of drug-likeness (QED) is 0.168. The van der Waals surface area contributed by atoms with Crippen molar-refractivity contribution in [1.29, 1.82) is 0 Å². The Labute approximate surface area is 436 Å². The van der Waals surface area contributed by atoms with Crippen LogP contribution in [0.25, 0.3) is 51.1 Å². The average Bonchev–Trinajstić information content (AvgIpc) is 4.21. The summed E-state index contributed by atoms with van der Waals surface area (Å²) in [5, 5.41) is 5.34. The average molecular weight is 1030 g/mol. The third-order valence-electron chi connectivity index (χ3n) is 11.5. The number of hydrogen-bond donors (Lipinski definition) is 1. The largest absolute Gasteiger partial charge is 0.378 e. The van der Waals surface area contributed by atoms with Crippen molar-refractivity contribution in [3.8, 4) is 34.2 Å². The van der Waals surface area contributed by atoms with Crippen LogP contribution in [0.5, 0.6) is 0 Å². The number of nitrogens with zero attached hydrogens (tertiary/aromatic N) is 15. The van der Waals surface area contributed by atoms with E-state index in [1.807, 2.05) is 147 Å². The van der Waals surface area contributed by atoms with Crippen molar-refractivity contribution in [2.24, 2.45) is 0 Å². The number of piperidine rings is 1. The Balaban J connectivity index is 0.000000150. The van der Waals surface area contributed by atoms with Gasteiger partial charge in [0.05, 0.1) is 81.0 Å². The summed E-state index contributed by atoms with van der Waals surface area (Å²) < 4.78 is 11.2. The molecule has 3 aliphatic rings. The van der Waals surface area contributed by atoms with Crippen LogP contribution in [0.15, 0.2) is 110 Å². The van der Waals surface area contributed by atoms with Crippen LogP contribution >= 0.6 is 34.8 Å². The summed E-state index contributed by atoms with van der Waals surface area (Å²) in [7, 11) is 0. The van der Waals surface area contributed by atoms with Crippen molar-refractivity contribution < 1.29 is 4.74 Å². The molecule has 0 amide bonds. The predicted octanol–water partition coefficient (Wildman–Crippen LogP) is 10.6. The number of hydrogen-bond acceptors (Lipinski definition) is 14. The highest BCUT2D eigenvalue weighted by molar-refractivity contribution is 6.31. The van der Waals surface area contributed by atoms with E-state index >= 15 is 0 Å². The fourth-order valence-corrected chi connectivity index (χ4v) is 8.57. The number of pyridine rings is 3. The normalized spacial score (nSPS) is 14.4. The molecule has 9 aromatic rings. The molecule has 378 valence electrons. The number of rotatable bonds is 6. The summed E-state index contributed by atoms with van der Waals surface area (Å²) in [6.07, 6.45) is 20.1. The number of nitrogens with one attached hydrogen (secondary N) is 1. The van der Waals surface area contributed by atoms with Gasteiger partial charge in [-0.25, -0.2) is 44.9 Å². The van der Waals surface area contributed by atoms with Gasteiger partial charge in [0.15, 0.2) is 0 Å². The number of aromatic nitrogens is 12. The molecular formula is C52H63Cl3N16O. The molecule has 3 fully saturated rings. The smallest absolute Gasteiger partial charge is 0.226 e. The zero-order valence-corrected chi connectivity index (χ0v) is 44.1. The Morgan fingerprint density at radius 1 is 0.417 bits per heavy atom. The second-order valence-electron chi connectivity index (χ2n) is 15.8. The Morgan fingerprint density at radius 3 is 1.14 bits per heavy atom. The van der Waals surface area contributed by atoms with Crippen molar-refractivity contribution in [1.82, 2.24) is 63.4 Å². The number of halogens is 3. The molecule has 12 heterocycles. The molecular weight excluding hydrogens is 971 g/mol. The summed E-state index contributed by atoms with van der Waals surface area (Å²) in [6, 6.07) is 16.9. The van der Waals surface area contributed by atoms with E-state index in [4.69, 9.17) is 49.5 Å². The minimum Gasteiger partial charge on any atom is -0.378 e. The Morgan fingerprint density at radius 2 is 0.764 bits per heavy atom. The number of ether oxygens (including phenoxy) is 1. The minimum absolute atomic E-state index is 0.661. The highest BCUT2D eigenvalue weighted by Crippen LogP contribution is 2.26. The standard InChI is InChI=1S/C16H16ClN5.C15H15ClN6.C15H14ClN5O.3C2H6/c17-12-4-5-15-19-10-14(22(15)11-12)13-6-7-18-16(20-13)21-8-2-1-3-9-21;16-11-1-2-14-19-9-13(22(14)10-11)12-3-4-18-15(20-12)21-7-5-17-6-8-21;16-11-1-2-14-18-9-13(21(14)10-11)12-3-4-17-15(19-12)20-5-7-22-8-6-20;3*1-2/h4-7,10-11H,1-3,8-9H2;1-4,9-10,17H,5-8H2;1-4,9-10H,5-8H2;3*1-2H3. The molecule has 0 unspecified atom stereocenters. The Hall–Kier alpha value is -6.50. The lowest BCUT2D eigenvalue weighted by molar-refractivity contribution is 0.122. The van der Waals surface area contributed by atoms with Gasteiger partial charge in [0, 0.05) is 89.5 Å². The molecule has 0 bridgehead atoms. The van der Waals surface area contributed by atoms with Crippen molar-refractivity contribution in [3.63, 3.8) is 0 Å². The first-order valence-corrected chi connectivity index (χ1v) is 26.0. The Kier molecular flexibility index (Phi) is 19.8. The molecule has 0 aliphatic carbocycles. The monoisotopic (exact) mass is 1030 g/mol. The van der Waals surface area contributed by atoms with E-state index in [2.05, 4.69) is 54.9 Å². The molecule has 0 saturated carbocycles. The van der Waals surface area contributed by atoms with Crippen LogP contribution in [0.3, 0.4) is 0 Å². The van der Waals surface area contributed by atoms with Crippen LogP contribution in [0, 0.1) is 0 Å². The highest BCUT2D eigenvalue weighted by Gasteiger charge is 2.19. The summed E-state index contributed by atoms with van der Waals surface area (Å²) >= 11 is 18.3. The van der Waals surface area contributed by atoms with E-state index in [0.29, 0.717) is 28.3 Å². The van der Waals surface area contributed by atoms with Crippen LogP contribution in [-0.4, -0.2) is 124 Å². The van der Waals surface area contributed by atoms with Crippen LogP contribution in [-0.2, 0) is 4.74 Å². The van der Waals surface area contributed by atoms with Gasteiger partial charge in [-0.3, -0.25) is 13.2 Å². The van der Waals surface area contributed by atoms with Gasteiger partial charge in [0.1, 0.15) is 16.9 Å². The fraction of sp³-hybridized carbons (Fsp3) is 0.365. The van der Waals surface area contributed by atoms with E-state index < -0.39 is 0 Å². The first-order valence-electron chi connectivity index (χ1n) is 24.8. The molecule has 12 rings (SSSR count). The second kappa shape index (κ2) is 26.8. The molecule has 0 radical (unpaired) electrons. The van der Waals surface area contributed by atoms with E-state index in [9.17, 15) is 0 Å². The lowest BCUT2D eigenvalue weighted by Crippen LogP contribution is -2.44. The zero-order chi connectivity index (χ0) is 50.8. The van der Waals surface area contributed by atoms with Crippen molar-refractivity contribution in [2.75, 3.05) is 80.3 Å². The molecule has 0 atom stereocenters. The molecule has 1 N–H and O–H groups in total. The molecule has 3 saturated heterocycles. The van der Waals surface area contributed by atoms with E-state index in [1.165, 1.54) is 19.3 Å². The predicted molar refractivity (Wildman–Crippen MR) is 292 cm³/mol. The molecule has 0 aromatic carbocycles. The van der Waals surface area contributed by atoms with E-state index in [0.717, 1.165) is 121 Å². The zero-order valence-electron chi connectivity index (χ0n) is 41.8. The maximum atomic E-state index is 6.10. The molecule has 0 spiro atoms. The summed E-state index contributed by atoms with van der Waals surface area (Å²) in [4.78, 5) is 47.1. The van der Waals surface area contributed by atoms with Crippen LogP contribution in [0.2, 0.25) is 15.1 Å². The second-order valence-corrected chi connectivity index (χ2v) is 17.1. The minimum atomic E-state index is 0.661. The van der Waals surface area contributed by atoms with Crippen LogP contribution in [0.1, 0.15) is 60.8 Å². The number of fused-ring (bicyclic) bond motifs is 3. The highest BCUT2D eigenvalue weighted by atomic mass is 35.5. The van der Waals surface area contributed by atoms with Gasteiger partial charge in [-0.2, -0.15) is 0 Å². The Bertz CT molecular complexity index is 2760. The SMILES string of the molecule is CC.CC.CC.Clc1ccc2ncc(-c3ccnc(N4CCCCC4)n3)n2c1.Clc1ccc2ncc(-c3ccnc(N4CCNCC4)n3)n2c1.Clc1ccc2ncc(-c3ccnc(N4CCOCC4)n3)n2c1. The van der Waals surface area contributed by atoms with Gasteiger partial charge in [-0.1, -0.05) is 76.3 Å². The molecule has 9 aromatic heterocycles. The third kappa shape index (κ3) is 13.1. The van der Waals surface area contributed by atoms with Gasteiger partial charge in [0.2, 0.25) is 17.8 Å². The fourth-order valence-electron chi connectivity index (χ4n) is 8.08. The van der Waals surface area contributed by atoms with Gasteiger partial charge in [0.25, 0.3) is 0 Å². The summed E-state index contributed by atoms with van der Waals surface area (Å²) in [5.74, 6) is 2.28. The molecule has 3 aliphatic heterocycles. The van der Waals surface area contributed by atoms with Crippen LogP contribution in [0.4, 0.5) is 17.8 Å². The first kappa shape index (κ1) is 53.3. The van der Waals surface area contributed by atoms with Crippen molar-refractivity contribution >= 4 is 69.6 Å². The topological polar surface area (TPSA) is 160 Å². The number of morpholine rings is 1. The molecule has 17 nitrogen and oxygen atoms in total. The summed E-state index contributed by atoms with van der Waals surface area (Å²) in [6.45, 7) is 20.8. The maximum absolute atomic E-state index is 6.10. The maximum Gasteiger partial charge on any atom is 0.226 e. The van der Waals surface area contributed by atoms with E-state index in [1.54, 1.807) is 18.6 Å². The lowest BCUT2D eigenvalue weighted by Gasteiger charge is -2.27. The number of anilines is 3. The van der Waals surface area contributed by atoms with Gasteiger partial charge in [-0.15, -0.1) is 0 Å². The first-order chi connectivity index (χ1) is 35.4. The van der Waals surface area contributed by atoms with Crippen molar-refractivity contribution in [3.05, 3.63) is 125 Å². The number of imidazole rings is 3. The van der Waals surface area contributed by atoms with Gasteiger partial charge >= 0.3 is 0 Å². The van der Waals surface area contributed by atoms with Crippen molar-refractivity contribution in [2.45, 2.75) is 60.8 Å². The lowest BCUT2D eigenvalue weighted by atomic mass is 10.1. The molecule has 20 heteroatoms.